The summed E-state index contributed by atoms with van der Waals surface area (Å²) in [5.74, 6) is 0.484. The molecule has 0 aliphatic carbocycles. The van der Waals surface area contributed by atoms with Crippen LogP contribution in [0.25, 0.3) is 0 Å². The Hall–Kier alpha value is -0.820. The van der Waals surface area contributed by atoms with Gasteiger partial charge in [0.25, 0.3) is 0 Å². The lowest BCUT2D eigenvalue weighted by Crippen LogP contribution is -2.52. The molecule has 2 heterocycles. The molecule has 1 unspecified atom stereocenters. The van der Waals surface area contributed by atoms with Crippen molar-refractivity contribution in [3.05, 3.63) is 23.2 Å². The number of methoxy groups -OCH3 is 1. The number of ether oxygens (including phenoxy) is 1. The molecule has 0 saturated carbocycles. The van der Waals surface area contributed by atoms with Crippen molar-refractivity contribution < 1.29 is 13.2 Å². The van der Waals surface area contributed by atoms with Crippen molar-refractivity contribution in [1.29, 1.82) is 0 Å². The Bertz CT molecular complexity index is 666. The Morgan fingerprint density at radius 3 is 2.74 bits per heavy atom. The molecule has 2 aliphatic rings. The third-order valence-electron chi connectivity index (χ3n) is 4.95. The molecule has 23 heavy (non-hydrogen) atoms. The zero-order chi connectivity index (χ0) is 16.5. The number of hydrogen-bond donors (Lipinski definition) is 1. The molecule has 1 aromatic carbocycles. The fourth-order valence-electron chi connectivity index (χ4n) is 3.70. The predicted octanol–water partition coefficient (Wildman–Crippen LogP) is 2.50. The van der Waals surface area contributed by atoms with Crippen LogP contribution in [0.2, 0.25) is 5.02 Å². The number of sulfonamides is 1. The lowest BCUT2D eigenvalue weighted by molar-refractivity contribution is 0.110. The average Bonchev–Trinajstić information content (AvgIpc) is 2.55. The van der Waals surface area contributed by atoms with Gasteiger partial charge in [0.1, 0.15) is 5.75 Å². The number of rotatable bonds is 3. The van der Waals surface area contributed by atoms with Gasteiger partial charge in [-0.15, -0.1) is 0 Å². The van der Waals surface area contributed by atoms with E-state index >= 15 is 0 Å². The van der Waals surface area contributed by atoms with Gasteiger partial charge < -0.3 is 10.1 Å². The second-order valence-corrected chi connectivity index (χ2v) is 8.86. The fraction of sp³-hybridized carbons (Fsp3) is 0.625. The summed E-state index contributed by atoms with van der Waals surface area (Å²) in [7, 11) is -2.01. The van der Waals surface area contributed by atoms with E-state index in [1.807, 2.05) is 0 Å². The predicted molar refractivity (Wildman–Crippen MR) is 90.5 cm³/mol. The van der Waals surface area contributed by atoms with E-state index in [-0.39, 0.29) is 10.3 Å². The highest BCUT2D eigenvalue weighted by atomic mass is 35.5. The topological polar surface area (TPSA) is 58.6 Å². The van der Waals surface area contributed by atoms with Gasteiger partial charge in [-0.3, -0.25) is 0 Å². The summed E-state index contributed by atoms with van der Waals surface area (Å²) in [6.07, 6.45) is 4.21. The van der Waals surface area contributed by atoms with Crippen molar-refractivity contribution >= 4 is 21.6 Å². The highest BCUT2D eigenvalue weighted by Crippen LogP contribution is 2.38. The number of hydrogen-bond acceptors (Lipinski definition) is 4. The molecule has 5 nitrogen and oxygen atoms in total. The Morgan fingerprint density at radius 2 is 2.09 bits per heavy atom. The monoisotopic (exact) mass is 358 g/mol. The van der Waals surface area contributed by atoms with E-state index in [1.54, 1.807) is 16.4 Å². The molecule has 128 valence electrons. The van der Waals surface area contributed by atoms with Crippen LogP contribution in [0.15, 0.2) is 23.1 Å². The minimum Gasteiger partial charge on any atom is -0.495 e. The molecule has 1 spiro atoms. The minimum absolute atomic E-state index is 0.0832. The van der Waals surface area contributed by atoms with Crippen molar-refractivity contribution in [1.82, 2.24) is 9.62 Å². The summed E-state index contributed by atoms with van der Waals surface area (Å²) in [4.78, 5) is 0.240. The number of piperidine rings is 2. The first-order valence-electron chi connectivity index (χ1n) is 8.01. The molecule has 3 rings (SSSR count). The van der Waals surface area contributed by atoms with Gasteiger partial charge in [0.2, 0.25) is 10.0 Å². The summed E-state index contributed by atoms with van der Waals surface area (Å²) in [6.45, 7) is 3.10. The quantitative estimate of drug-likeness (QED) is 0.901. The van der Waals surface area contributed by atoms with Gasteiger partial charge in [0, 0.05) is 19.6 Å². The highest BCUT2D eigenvalue weighted by molar-refractivity contribution is 7.89. The first kappa shape index (κ1) is 17.0. The molecule has 2 saturated heterocycles. The molecule has 0 radical (unpaired) electrons. The van der Waals surface area contributed by atoms with E-state index < -0.39 is 10.0 Å². The van der Waals surface area contributed by atoms with Crippen LogP contribution in [0.3, 0.4) is 0 Å². The SMILES string of the molecule is COc1ccc(S(=O)(=O)N2CCCC3(CCCNC3)C2)cc1Cl. The van der Waals surface area contributed by atoms with E-state index in [2.05, 4.69) is 5.32 Å². The van der Waals surface area contributed by atoms with Gasteiger partial charge in [-0.1, -0.05) is 11.6 Å². The molecule has 7 heteroatoms. The summed E-state index contributed by atoms with van der Waals surface area (Å²) in [5.41, 5.74) is 0.0832. The first-order valence-corrected chi connectivity index (χ1v) is 9.83. The van der Waals surface area contributed by atoms with Gasteiger partial charge in [0.15, 0.2) is 0 Å². The van der Waals surface area contributed by atoms with Crippen LogP contribution in [0.1, 0.15) is 25.7 Å². The van der Waals surface area contributed by atoms with Crippen LogP contribution in [-0.4, -0.2) is 46.0 Å². The fourth-order valence-corrected chi connectivity index (χ4v) is 5.64. The van der Waals surface area contributed by atoms with E-state index in [1.165, 1.54) is 13.2 Å². The molecule has 0 amide bonds. The Balaban J connectivity index is 1.85. The van der Waals surface area contributed by atoms with E-state index in [0.29, 0.717) is 23.9 Å². The average molecular weight is 359 g/mol. The third kappa shape index (κ3) is 3.36. The largest absolute Gasteiger partial charge is 0.495 e. The van der Waals surface area contributed by atoms with Crippen molar-refractivity contribution in [3.63, 3.8) is 0 Å². The molecule has 0 aromatic heterocycles. The number of halogens is 1. The molecular weight excluding hydrogens is 336 g/mol. The summed E-state index contributed by atoms with van der Waals surface area (Å²) in [6, 6.07) is 4.66. The first-order chi connectivity index (χ1) is 11.0. The zero-order valence-corrected chi connectivity index (χ0v) is 14.9. The second-order valence-electron chi connectivity index (χ2n) is 6.52. The van der Waals surface area contributed by atoms with Crippen LogP contribution >= 0.6 is 11.6 Å². The van der Waals surface area contributed by atoms with Crippen LogP contribution in [0.4, 0.5) is 0 Å². The van der Waals surface area contributed by atoms with Crippen molar-refractivity contribution in [3.8, 4) is 5.75 Å². The van der Waals surface area contributed by atoms with Crippen LogP contribution in [0.5, 0.6) is 5.75 Å². The smallest absolute Gasteiger partial charge is 0.243 e. The van der Waals surface area contributed by atoms with Gasteiger partial charge in [-0.2, -0.15) is 4.31 Å². The molecule has 1 aromatic rings. The van der Waals surface area contributed by atoms with E-state index in [9.17, 15) is 8.42 Å². The Kier molecular flexibility index (Phi) is 4.88. The standard InChI is InChI=1S/C16H23ClN2O3S/c1-22-15-5-4-13(10-14(15)17)23(20,21)19-9-3-7-16(12-19)6-2-8-18-11-16/h4-5,10,18H,2-3,6-9,11-12H2,1H3. The van der Waals surface area contributed by atoms with Crippen LogP contribution < -0.4 is 10.1 Å². The van der Waals surface area contributed by atoms with Crippen LogP contribution in [0, 0.1) is 5.41 Å². The van der Waals surface area contributed by atoms with E-state index in [4.69, 9.17) is 16.3 Å². The highest BCUT2D eigenvalue weighted by Gasteiger charge is 2.40. The van der Waals surface area contributed by atoms with Crippen LogP contribution in [-0.2, 0) is 10.0 Å². The van der Waals surface area contributed by atoms with Crippen molar-refractivity contribution in [2.75, 3.05) is 33.3 Å². The van der Waals surface area contributed by atoms with Gasteiger partial charge >= 0.3 is 0 Å². The maximum atomic E-state index is 13.0. The van der Waals surface area contributed by atoms with Gasteiger partial charge in [-0.25, -0.2) is 8.42 Å². The molecule has 2 aliphatic heterocycles. The number of benzene rings is 1. The molecule has 0 bridgehead atoms. The zero-order valence-electron chi connectivity index (χ0n) is 13.3. The lowest BCUT2D eigenvalue weighted by atomic mass is 9.75. The molecule has 2 fully saturated rings. The minimum atomic E-state index is -3.52. The lowest BCUT2D eigenvalue weighted by Gasteiger charge is -2.44. The van der Waals surface area contributed by atoms with E-state index in [0.717, 1.165) is 38.8 Å². The number of nitrogens with one attached hydrogen (secondary N) is 1. The summed E-state index contributed by atoms with van der Waals surface area (Å²) in [5, 5.41) is 3.74. The van der Waals surface area contributed by atoms with Crippen molar-refractivity contribution in [2.24, 2.45) is 5.41 Å². The Labute approximate surface area is 143 Å². The summed E-state index contributed by atoms with van der Waals surface area (Å²) < 4.78 is 32.7. The number of nitrogens with zero attached hydrogens (tertiary/aromatic N) is 1. The maximum Gasteiger partial charge on any atom is 0.243 e. The second kappa shape index (κ2) is 6.59. The Morgan fingerprint density at radius 1 is 1.30 bits per heavy atom. The molecule has 1 N–H and O–H groups in total. The normalized spacial score (nSPS) is 26.3. The molecule has 1 atom stereocenters. The maximum absolute atomic E-state index is 13.0. The summed E-state index contributed by atoms with van der Waals surface area (Å²) >= 11 is 6.10. The van der Waals surface area contributed by atoms with Crippen molar-refractivity contribution in [2.45, 2.75) is 30.6 Å². The molecular formula is C16H23ClN2O3S. The third-order valence-corrected chi connectivity index (χ3v) is 7.08. The van der Waals surface area contributed by atoms with Gasteiger partial charge in [-0.05, 0) is 55.8 Å². The van der Waals surface area contributed by atoms with Gasteiger partial charge in [0.05, 0.1) is 17.0 Å².